The molecule has 0 aromatic rings. The Balaban J connectivity index is 1.98. The third-order valence-electron chi connectivity index (χ3n) is 3.30. The molecule has 86 valence electrons. The van der Waals surface area contributed by atoms with Gasteiger partial charge in [0.25, 0.3) is 5.91 Å². The van der Waals surface area contributed by atoms with Crippen LogP contribution >= 0.6 is 0 Å². The van der Waals surface area contributed by atoms with Crippen molar-refractivity contribution < 1.29 is 9.53 Å². The highest BCUT2D eigenvalue weighted by atomic mass is 16.5. The Morgan fingerprint density at radius 3 is 2.93 bits per heavy atom. The van der Waals surface area contributed by atoms with E-state index in [0.717, 1.165) is 52.0 Å². The maximum Gasteiger partial charge on any atom is 0.254 e. The van der Waals surface area contributed by atoms with Gasteiger partial charge in [0.15, 0.2) is 0 Å². The minimum absolute atomic E-state index is 0.184. The summed E-state index contributed by atoms with van der Waals surface area (Å²) in [7, 11) is 0. The lowest BCUT2D eigenvalue weighted by Gasteiger charge is -2.30. The highest BCUT2D eigenvalue weighted by molar-refractivity contribution is 5.85. The Kier molecular flexibility index (Phi) is 3.26. The van der Waals surface area contributed by atoms with Gasteiger partial charge in [-0.3, -0.25) is 4.79 Å². The van der Waals surface area contributed by atoms with E-state index in [2.05, 4.69) is 5.32 Å². The van der Waals surface area contributed by atoms with Crippen LogP contribution < -0.4 is 5.32 Å². The summed E-state index contributed by atoms with van der Waals surface area (Å²) in [5.74, 6) is 0.184. The summed E-state index contributed by atoms with van der Waals surface area (Å²) in [6.45, 7) is 6.26. The van der Waals surface area contributed by atoms with Crippen LogP contribution in [0.5, 0.6) is 0 Å². The van der Waals surface area contributed by atoms with E-state index >= 15 is 0 Å². The molecule has 0 radical (unpaired) electrons. The first-order valence-electron chi connectivity index (χ1n) is 5.86. The Morgan fingerprint density at radius 1 is 1.33 bits per heavy atom. The number of nitrogens with one attached hydrogen (secondary N) is 1. The average Bonchev–Trinajstić information content (AvgIpc) is 2.54. The van der Waals surface area contributed by atoms with E-state index in [4.69, 9.17) is 4.74 Å². The van der Waals surface area contributed by atoms with Crippen LogP contribution in [0.15, 0.2) is 0 Å². The number of carbonyl (C=O) groups is 1. The predicted octanol–water partition coefficient (Wildman–Crippen LogP) is 0.377. The van der Waals surface area contributed by atoms with Gasteiger partial charge in [-0.25, -0.2) is 0 Å². The van der Waals surface area contributed by atoms with Gasteiger partial charge in [-0.1, -0.05) is 0 Å². The summed E-state index contributed by atoms with van der Waals surface area (Å²) in [6, 6.07) is 0. The summed E-state index contributed by atoms with van der Waals surface area (Å²) < 4.78 is 5.58. The molecule has 4 nitrogen and oxygen atoms in total. The first-order valence-corrected chi connectivity index (χ1v) is 5.86. The highest BCUT2D eigenvalue weighted by Gasteiger charge is 2.40. The van der Waals surface area contributed by atoms with Crippen LogP contribution in [-0.2, 0) is 9.53 Å². The van der Waals surface area contributed by atoms with Crippen LogP contribution in [0, 0.1) is 0 Å². The van der Waals surface area contributed by atoms with Crippen molar-refractivity contribution in [2.75, 3.05) is 32.8 Å². The zero-order valence-corrected chi connectivity index (χ0v) is 9.42. The topological polar surface area (TPSA) is 41.6 Å². The zero-order valence-electron chi connectivity index (χ0n) is 9.42. The molecule has 1 N–H and O–H groups in total. The Hall–Kier alpha value is -0.610. The number of hydrogen-bond acceptors (Lipinski definition) is 3. The van der Waals surface area contributed by atoms with Gasteiger partial charge in [-0.2, -0.15) is 0 Å². The molecule has 2 rings (SSSR count). The fourth-order valence-corrected chi connectivity index (χ4v) is 2.33. The summed E-state index contributed by atoms with van der Waals surface area (Å²) in [6.07, 6.45) is 2.92. The molecule has 0 aliphatic carbocycles. The molecule has 0 saturated carbocycles. The molecule has 1 amide bonds. The van der Waals surface area contributed by atoms with Crippen molar-refractivity contribution in [1.82, 2.24) is 10.2 Å². The van der Waals surface area contributed by atoms with Crippen LogP contribution in [0.25, 0.3) is 0 Å². The molecule has 2 fully saturated rings. The first kappa shape index (κ1) is 10.9. The SMILES string of the molecule is CC1(C(=O)N2CCCNCC2)CCCO1. The molecule has 2 aliphatic heterocycles. The third-order valence-corrected chi connectivity index (χ3v) is 3.30. The van der Waals surface area contributed by atoms with E-state index in [1.54, 1.807) is 0 Å². The van der Waals surface area contributed by atoms with Crippen molar-refractivity contribution in [3.05, 3.63) is 0 Å². The minimum Gasteiger partial charge on any atom is -0.365 e. The monoisotopic (exact) mass is 212 g/mol. The van der Waals surface area contributed by atoms with Crippen molar-refractivity contribution in [1.29, 1.82) is 0 Å². The van der Waals surface area contributed by atoms with Gasteiger partial charge < -0.3 is 15.0 Å². The molecule has 15 heavy (non-hydrogen) atoms. The second-order valence-corrected chi connectivity index (χ2v) is 4.58. The molecule has 2 aliphatic rings. The number of nitrogens with zero attached hydrogens (tertiary/aromatic N) is 1. The molecule has 0 aromatic carbocycles. The molecule has 0 aromatic heterocycles. The fraction of sp³-hybridized carbons (Fsp3) is 0.909. The van der Waals surface area contributed by atoms with Crippen molar-refractivity contribution in [3.8, 4) is 0 Å². The van der Waals surface area contributed by atoms with Crippen LogP contribution in [0.3, 0.4) is 0 Å². The molecule has 2 heterocycles. The quantitative estimate of drug-likeness (QED) is 0.683. The van der Waals surface area contributed by atoms with E-state index in [-0.39, 0.29) is 5.91 Å². The normalized spacial score (nSPS) is 32.7. The van der Waals surface area contributed by atoms with E-state index in [1.807, 2.05) is 11.8 Å². The number of hydrogen-bond donors (Lipinski definition) is 1. The second-order valence-electron chi connectivity index (χ2n) is 4.58. The first-order chi connectivity index (χ1) is 7.22. The Bertz CT molecular complexity index is 229. The lowest BCUT2D eigenvalue weighted by Crippen LogP contribution is -2.47. The largest absolute Gasteiger partial charge is 0.365 e. The maximum atomic E-state index is 12.2. The van der Waals surface area contributed by atoms with Crippen molar-refractivity contribution in [3.63, 3.8) is 0 Å². The fourth-order valence-electron chi connectivity index (χ4n) is 2.33. The van der Waals surface area contributed by atoms with Crippen LogP contribution in [0.1, 0.15) is 26.2 Å². The summed E-state index contributed by atoms with van der Waals surface area (Å²) in [5, 5.41) is 3.30. The minimum atomic E-state index is -0.537. The van der Waals surface area contributed by atoms with Gasteiger partial charge in [-0.05, 0) is 32.7 Å². The molecule has 1 atom stereocenters. The van der Waals surface area contributed by atoms with Gasteiger partial charge in [0.05, 0.1) is 0 Å². The van der Waals surface area contributed by atoms with Gasteiger partial charge >= 0.3 is 0 Å². The number of amides is 1. The molecular weight excluding hydrogens is 192 g/mol. The van der Waals surface area contributed by atoms with Crippen LogP contribution in [-0.4, -0.2) is 49.2 Å². The summed E-state index contributed by atoms with van der Waals surface area (Å²) in [4.78, 5) is 14.2. The number of carbonyl (C=O) groups excluding carboxylic acids is 1. The van der Waals surface area contributed by atoms with E-state index < -0.39 is 5.60 Å². The summed E-state index contributed by atoms with van der Waals surface area (Å²) in [5.41, 5.74) is -0.537. The van der Waals surface area contributed by atoms with Crippen LogP contribution in [0.2, 0.25) is 0 Å². The lowest BCUT2D eigenvalue weighted by molar-refractivity contribution is -0.150. The van der Waals surface area contributed by atoms with E-state index in [9.17, 15) is 4.79 Å². The summed E-state index contributed by atoms with van der Waals surface area (Å²) >= 11 is 0. The lowest BCUT2D eigenvalue weighted by atomic mass is 10.0. The van der Waals surface area contributed by atoms with E-state index in [0.29, 0.717) is 0 Å². The maximum absolute atomic E-state index is 12.2. The van der Waals surface area contributed by atoms with E-state index in [1.165, 1.54) is 0 Å². The van der Waals surface area contributed by atoms with Crippen molar-refractivity contribution in [2.24, 2.45) is 0 Å². The Labute approximate surface area is 91.0 Å². The van der Waals surface area contributed by atoms with Gasteiger partial charge in [-0.15, -0.1) is 0 Å². The second kappa shape index (κ2) is 4.49. The average molecular weight is 212 g/mol. The zero-order chi connectivity index (χ0) is 10.7. The molecule has 4 heteroatoms. The molecular formula is C11H20N2O2. The van der Waals surface area contributed by atoms with Gasteiger partial charge in [0.1, 0.15) is 5.60 Å². The smallest absolute Gasteiger partial charge is 0.254 e. The third kappa shape index (κ3) is 2.32. The molecule has 2 saturated heterocycles. The van der Waals surface area contributed by atoms with Gasteiger partial charge in [0, 0.05) is 26.2 Å². The van der Waals surface area contributed by atoms with Crippen LogP contribution in [0.4, 0.5) is 0 Å². The molecule has 0 spiro atoms. The van der Waals surface area contributed by atoms with Crippen molar-refractivity contribution >= 4 is 5.91 Å². The predicted molar refractivity (Wildman–Crippen MR) is 57.7 cm³/mol. The number of ether oxygens (including phenoxy) is 1. The number of rotatable bonds is 1. The Morgan fingerprint density at radius 2 is 2.20 bits per heavy atom. The van der Waals surface area contributed by atoms with Gasteiger partial charge in [0.2, 0.25) is 0 Å². The van der Waals surface area contributed by atoms with Crippen molar-refractivity contribution in [2.45, 2.75) is 31.8 Å². The molecule has 0 bridgehead atoms. The molecule has 1 unspecified atom stereocenters. The highest BCUT2D eigenvalue weighted by Crippen LogP contribution is 2.27. The standard InChI is InChI=1S/C11H20N2O2/c1-11(4-2-9-15-11)10(14)13-7-3-5-12-6-8-13/h12H,2-9H2,1H3.